The highest BCUT2D eigenvalue weighted by Crippen LogP contribution is 2.39. The van der Waals surface area contributed by atoms with E-state index < -0.39 is 16.6 Å². The third-order valence-electron chi connectivity index (χ3n) is 12.2. The zero-order chi connectivity index (χ0) is 44.1. The minimum absolute atomic E-state index is 0.0628. The SMILES string of the molecule is CCCCCCCCCCC#CC[C@H](C[C@@H](C[C@H](C#Cc1ccc(O[Si](C)(C)C(C)(C)C)cc1)OCc1ccccc1)OCc1ccc(OC)cc1)O[Si](C)(C)C(C)(C)C. The predicted molar refractivity (Wildman–Crippen MR) is 259 cm³/mol. The maximum atomic E-state index is 7.17. The first-order chi connectivity index (χ1) is 28.4. The molecule has 0 bridgehead atoms. The summed E-state index contributed by atoms with van der Waals surface area (Å²) in [5.41, 5.74) is 3.12. The van der Waals surface area contributed by atoms with Gasteiger partial charge in [0.25, 0.3) is 0 Å². The average molecular weight is 853 g/mol. The number of benzene rings is 3. The van der Waals surface area contributed by atoms with Gasteiger partial charge < -0.3 is 23.1 Å². The highest BCUT2D eigenvalue weighted by atomic mass is 28.4. The summed E-state index contributed by atoms with van der Waals surface area (Å²) in [6.45, 7) is 26.1. The second kappa shape index (κ2) is 25.6. The molecule has 0 amide bonds. The third kappa shape index (κ3) is 19.2. The smallest absolute Gasteiger partial charge is 0.250 e. The summed E-state index contributed by atoms with van der Waals surface area (Å²) in [5.74, 6) is 15.7. The van der Waals surface area contributed by atoms with Gasteiger partial charge in [0.15, 0.2) is 8.32 Å². The van der Waals surface area contributed by atoms with E-state index in [1.54, 1.807) is 7.11 Å². The van der Waals surface area contributed by atoms with E-state index in [-0.39, 0.29) is 28.4 Å². The third-order valence-corrected chi connectivity index (χ3v) is 21.1. The van der Waals surface area contributed by atoms with Gasteiger partial charge in [0.1, 0.15) is 17.6 Å². The molecule has 3 aromatic rings. The highest BCUT2D eigenvalue weighted by Gasteiger charge is 2.40. The number of ether oxygens (including phenoxy) is 3. The standard InChI is InChI=1S/C53H80O5Si2/c1-13-14-15-16-17-18-19-20-21-22-26-29-50(58-60(11,12)53(5,6)7)41-51(56-43-46-33-35-47(54-8)36-34-46)40-49(55-42-45-27-24-23-25-28-45)39-32-44-30-37-48(38-31-44)57-59(9,10)52(2,3)4/h23-25,27-28,30-31,33-38,49-51H,13-21,29,40-43H2,1-12H3/t49-,50+,51+/m0/s1. The van der Waals surface area contributed by atoms with E-state index in [1.807, 2.05) is 42.5 Å². The molecule has 0 N–H and O–H groups in total. The molecule has 0 aromatic heterocycles. The van der Waals surface area contributed by atoms with Crippen LogP contribution in [0.15, 0.2) is 78.9 Å². The largest absolute Gasteiger partial charge is 0.544 e. The highest BCUT2D eigenvalue weighted by molar-refractivity contribution is 6.75. The van der Waals surface area contributed by atoms with Crippen molar-refractivity contribution in [3.8, 4) is 35.2 Å². The van der Waals surface area contributed by atoms with Crippen LogP contribution in [0.1, 0.15) is 142 Å². The van der Waals surface area contributed by atoms with E-state index >= 15 is 0 Å². The van der Waals surface area contributed by atoms with Crippen LogP contribution in [-0.4, -0.2) is 42.1 Å². The average Bonchev–Trinajstić information content (AvgIpc) is 3.20. The van der Waals surface area contributed by atoms with Crippen LogP contribution in [0.3, 0.4) is 0 Å². The van der Waals surface area contributed by atoms with Gasteiger partial charge in [-0.05, 0) is 96.6 Å². The van der Waals surface area contributed by atoms with Gasteiger partial charge in [-0.2, -0.15) is 0 Å². The lowest BCUT2D eigenvalue weighted by atomic mass is 10.0. The van der Waals surface area contributed by atoms with Crippen molar-refractivity contribution >= 4 is 16.6 Å². The van der Waals surface area contributed by atoms with Gasteiger partial charge in [-0.1, -0.05) is 148 Å². The summed E-state index contributed by atoms with van der Waals surface area (Å²) in [6, 6.07) is 26.6. The van der Waals surface area contributed by atoms with Gasteiger partial charge in [0.2, 0.25) is 8.32 Å². The van der Waals surface area contributed by atoms with Crippen LogP contribution in [0.4, 0.5) is 0 Å². The van der Waals surface area contributed by atoms with Crippen molar-refractivity contribution in [3.63, 3.8) is 0 Å². The van der Waals surface area contributed by atoms with E-state index in [0.717, 1.165) is 41.0 Å². The molecule has 0 saturated heterocycles. The summed E-state index contributed by atoms with van der Waals surface area (Å²) in [6.07, 6.45) is 12.7. The van der Waals surface area contributed by atoms with Crippen molar-refractivity contribution in [3.05, 3.63) is 95.6 Å². The second-order valence-electron chi connectivity index (χ2n) is 19.5. The van der Waals surface area contributed by atoms with Gasteiger partial charge >= 0.3 is 0 Å². The van der Waals surface area contributed by atoms with Crippen LogP contribution >= 0.6 is 0 Å². The molecule has 60 heavy (non-hydrogen) atoms. The van der Waals surface area contributed by atoms with Crippen molar-refractivity contribution in [2.24, 2.45) is 0 Å². The summed E-state index contributed by atoms with van der Waals surface area (Å²) < 4.78 is 32.6. The molecule has 0 aliphatic heterocycles. The molecular weight excluding hydrogens is 773 g/mol. The molecule has 0 spiro atoms. The molecule has 3 rings (SSSR count). The summed E-state index contributed by atoms with van der Waals surface area (Å²) >= 11 is 0. The first kappa shape index (κ1) is 51.0. The normalized spacial score (nSPS) is 13.7. The van der Waals surface area contributed by atoms with Gasteiger partial charge in [0.05, 0.1) is 32.5 Å². The Morgan fingerprint density at radius 2 is 1.15 bits per heavy atom. The molecule has 0 aliphatic rings. The predicted octanol–water partition coefficient (Wildman–Crippen LogP) is 14.7. The zero-order valence-corrected chi connectivity index (χ0v) is 41.7. The lowest BCUT2D eigenvalue weighted by molar-refractivity contribution is -0.0293. The van der Waals surface area contributed by atoms with E-state index in [0.29, 0.717) is 32.5 Å². The van der Waals surface area contributed by atoms with Gasteiger partial charge in [0, 0.05) is 24.8 Å². The van der Waals surface area contributed by atoms with Crippen LogP contribution < -0.4 is 9.16 Å². The molecule has 0 unspecified atom stereocenters. The van der Waals surface area contributed by atoms with Crippen LogP contribution in [0.5, 0.6) is 11.5 Å². The number of hydrogen-bond acceptors (Lipinski definition) is 5. The number of methoxy groups -OCH3 is 1. The monoisotopic (exact) mass is 853 g/mol. The summed E-state index contributed by atoms with van der Waals surface area (Å²) in [4.78, 5) is 0. The van der Waals surface area contributed by atoms with Crippen molar-refractivity contribution in [2.75, 3.05) is 7.11 Å². The number of unbranched alkanes of at least 4 members (excludes halogenated alkanes) is 8. The molecule has 0 radical (unpaired) electrons. The van der Waals surface area contributed by atoms with Gasteiger partial charge in [-0.3, -0.25) is 0 Å². The number of rotatable bonds is 24. The van der Waals surface area contributed by atoms with Crippen LogP contribution in [0, 0.1) is 23.7 Å². The molecule has 3 atom stereocenters. The molecule has 0 heterocycles. The lowest BCUT2D eigenvalue weighted by Gasteiger charge is -2.39. The Morgan fingerprint density at radius 1 is 0.583 bits per heavy atom. The molecular formula is C53H80O5Si2. The Labute approximate surface area is 369 Å². The molecule has 5 nitrogen and oxygen atoms in total. The lowest BCUT2D eigenvalue weighted by Crippen LogP contribution is -2.45. The van der Waals surface area contributed by atoms with Crippen molar-refractivity contribution in [2.45, 2.75) is 193 Å². The van der Waals surface area contributed by atoms with Crippen LogP contribution in [-0.2, 0) is 27.1 Å². The number of hydrogen-bond donors (Lipinski definition) is 0. The van der Waals surface area contributed by atoms with Gasteiger partial charge in [-0.25, -0.2) is 0 Å². The first-order valence-corrected chi connectivity index (χ1v) is 28.6. The van der Waals surface area contributed by atoms with Crippen molar-refractivity contribution in [1.82, 2.24) is 0 Å². The van der Waals surface area contributed by atoms with Gasteiger partial charge in [-0.15, -0.1) is 11.8 Å². The molecule has 0 fully saturated rings. The fourth-order valence-electron chi connectivity index (χ4n) is 6.25. The Morgan fingerprint density at radius 3 is 1.75 bits per heavy atom. The maximum Gasteiger partial charge on any atom is 0.250 e. The summed E-state index contributed by atoms with van der Waals surface area (Å²) in [7, 11) is -2.39. The molecule has 3 aromatic carbocycles. The van der Waals surface area contributed by atoms with Crippen LogP contribution in [0.2, 0.25) is 36.3 Å². The Kier molecular flexibility index (Phi) is 21.8. The Balaban J connectivity index is 1.88. The van der Waals surface area contributed by atoms with E-state index in [1.165, 1.54) is 44.9 Å². The van der Waals surface area contributed by atoms with E-state index in [9.17, 15) is 0 Å². The Hall–Kier alpha value is -3.31. The van der Waals surface area contributed by atoms with E-state index in [4.69, 9.17) is 23.1 Å². The fraction of sp³-hybridized carbons (Fsp3) is 0.585. The quantitative estimate of drug-likeness (QED) is 0.0510. The van der Waals surface area contributed by atoms with Crippen molar-refractivity contribution < 1.29 is 23.1 Å². The zero-order valence-electron chi connectivity index (χ0n) is 39.7. The minimum atomic E-state index is -2.13. The fourth-order valence-corrected chi connectivity index (χ4v) is 8.64. The molecule has 7 heteroatoms. The second-order valence-corrected chi connectivity index (χ2v) is 29.0. The molecule has 330 valence electrons. The Bertz CT molecular complexity index is 1750. The minimum Gasteiger partial charge on any atom is -0.544 e. The van der Waals surface area contributed by atoms with E-state index in [2.05, 4.69) is 135 Å². The summed E-state index contributed by atoms with van der Waals surface area (Å²) in [5, 5.41) is 0.183. The van der Waals surface area contributed by atoms with Crippen molar-refractivity contribution in [1.29, 1.82) is 0 Å². The maximum absolute atomic E-state index is 7.17. The van der Waals surface area contributed by atoms with Crippen LogP contribution in [0.25, 0.3) is 0 Å². The first-order valence-electron chi connectivity index (χ1n) is 22.8. The molecule has 0 aliphatic carbocycles. The molecule has 0 saturated carbocycles. The topological polar surface area (TPSA) is 46.2 Å².